The van der Waals surface area contributed by atoms with Crippen LogP contribution < -0.4 is 0 Å². The summed E-state index contributed by atoms with van der Waals surface area (Å²) in [6, 6.07) is 5.15. The zero-order chi connectivity index (χ0) is 13.3. The van der Waals surface area contributed by atoms with Gasteiger partial charge in [0.2, 0.25) is 0 Å². The van der Waals surface area contributed by atoms with E-state index in [-0.39, 0.29) is 5.97 Å². The Bertz CT molecular complexity index is 243. The summed E-state index contributed by atoms with van der Waals surface area (Å²) in [6.45, 7) is 12.7. The Labute approximate surface area is 107 Å². The SMILES string of the molecule is C=C(C)C(=O)OCC[Si](CC)(CCC)CCC. The van der Waals surface area contributed by atoms with Crippen molar-refractivity contribution < 1.29 is 9.53 Å². The smallest absolute Gasteiger partial charge is 0.333 e. The molecule has 0 saturated carbocycles. The van der Waals surface area contributed by atoms with E-state index in [1.165, 1.54) is 31.0 Å². The van der Waals surface area contributed by atoms with Gasteiger partial charge in [0.25, 0.3) is 0 Å². The molecule has 0 aliphatic heterocycles. The molecule has 0 aromatic carbocycles. The van der Waals surface area contributed by atoms with Crippen molar-refractivity contribution in [1.82, 2.24) is 0 Å². The van der Waals surface area contributed by atoms with E-state index in [1.807, 2.05) is 0 Å². The number of rotatable bonds is 9. The molecule has 0 aliphatic carbocycles. The molecule has 3 heteroatoms. The molecule has 0 fully saturated rings. The van der Waals surface area contributed by atoms with E-state index in [9.17, 15) is 4.79 Å². The van der Waals surface area contributed by atoms with Gasteiger partial charge in [-0.15, -0.1) is 0 Å². The van der Waals surface area contributed by atoms with Gasteiger partial charge in [-0.1, -0.05) is 58.3 Å². The highest BCUT2D eigenvalue weighted by Gasteiger charge is 2.28. The van der Waals surface area contributed by atoms with Crippen molar-refractivity contribution in [1.29, 1.82) is 0 Å². The molecule has 0 aliphatic rings. The molecule has 0 amide bonds. The molecule has 0 aromatic rings. The fourth-order valence-electron chi connectivity index (χ4n) is 2.45. The monoisotopic (exact) mass is 256 g/mol. The van der Waals surface area contributed by atoms with Crippen LogP contribution in [0, 0.1) is 0 Å². The third-order valence-corrected chi connectivity index (χ3v) is 9.41. The third-order valence-electron chi connectivity index (χ3n) is 3.52. The molecule has 0 aromatic heterocycles. The van der Waals surface area contributed by atoms with Crippen LogP contribution in [0.1, 0.15) is 40.5 Å². The summed E-state index contributed by atoms with van der Waals surface area (Å²) in [5.41, 5.74) is 0.500. The lowest BCUT2D eigenvalue weighted by Crippen LogP contribution is -2.34. The summed E-state index contributed by atoms with van der Waals surface area (Å²) in [7, 11) is -1.18. The van der Waals surface area contributed by atoms with Crippen LogP contribution in [-0.4, -0.2) is 20.7 Å². The maximum Gasteiger partial charge on any atom is 0.333 e. The second kappa shape index (κ2) is 8.51. The summed E-state index contributed by atoms with van der Waals surface area (Å²) < 4.78 is 5.25. The molecule has 0 unspecified atom stereocenters. The predicted molar refractivity (Wildman–Crippen MR) is 77.0 cm³/mol. The van der Waals surface area contributed by atoms with Crippen molar-refractivity contribution in [2.24, 2.45) is 0 Å². The molecule has 0 radical (unpaired) electrons. The highest BCUT2D eigenvalue weighted by molar-refractivity contribution is 6.79. The fraction of sp³-hybridized carbons (Fsp3) is 0.786. The Morgan fingerprint density at radius 2 is 1.65 bits per heavy atom. The van der Waals surface area contributed by atoms with E-state index < -0.39 is 8.07 Å². The Balaban J connectivity index is 4.24. The summed E-state index contributed by atoms with van der Waals surface area (Å²) in [5, 5.41) is 0. The van der Waals surface area contributed by atoms with Crippen molar-refractivity contribution in [2.75, 3.05) is 6.61 Å². The highest BCUT2D eigenvalue weighted by atomic mass is 28.3. The van der Waals surface area contributed by atoms with Gasteiger partial charge < -0.3 is 4.74 Å². The van der Waals surface area contributed by atoms with Crippen LogP contribution in [-0.2, 0) is 9.53 Å². The predicted octanol–water partition coefficient (Wildman–Crippen LogP) is 4.39. The van der Waals surface area contributed by atoms with Crippen LogP contribution in [0.2, 0.25) is 24.2 Å². The molecule has 17 heavy (non-hydrogen) atoms. The Hall–Kier alpha value is -0.573. The minimum atomic E-state index is -1.18. The van der Waals surface area contributed by atoms with Gasteiger partial charge in [-0.05, 0) is 13.0 Å². The topological polar surface area (TPSA) is 26.3 Å². The van der Waals surface area contributed by atoms with Gasteiger partial charge in [0.1, 0.15) is 0 Å². The molecule has 0 spiro atoms. The van der Waals surface area contributed by atoms with Crippen LogP contribution in [0.3, 0.4) is 0 Å². The van der Waals surface area contributed by atoms with Gasteiger partial charge in [0, 0.05) is 5.57 Å². The minimum Gasteiger partial charge on any atom is -0.463 e. The van der Waals surface area contributed by atoms with Crippen molar-refractivity contribution in [3.8, 4) is 0 Å². The van der Waals surface area contributed by atoms with Crippen molar-refractivity contribution in [2.45, 2.75) is 64.7 Å². The first-order valence-electron chi connectivity index (χ1n) is 6.84. The standard InChI is InChI=1S/C14H28O2Si/c1-6-10-17(8-3,11-7-2)12-9-16-14(15)13(4)5/h4,6-12H2,1-3,5H3. The lowest BCUT2D eigenvalue weighted by atomic mass is 10.4. The maximum atomic E-state index is 11.3. The Kier molecular flexibility index (Phi) is 8.22. The zero-order valence-corrected chi connectivity index (χ0v) is 13.0. The number of carbonyl (C=O) groups excluding carboxylic acids is 1. The largest absolute Gasteiger partial charge is 0.463 e. The lowest BCUT2D eigenvalue weighted by Gasteiger charge is -2.30. The second-order valence-corrected chi connectivity index (χ2v) is 10.2. The van der Waals surface area contributed by atoms with Crippen LogP contribution in [0.25, 0.3) is 0 Å². The van der Waals surface area contributed by atoms with E-state index in [0.29, 0.717) is 12.2 Å². The molecule has 0 heterocycles. The molecule has 0 N–H and O–H groups in total. The van der Waals surface area contributed by atoms with Crippen molar-refractivity contribution >= 4 is 14.0 Å². The lowest BCUT2D eigenvalue weighted by molar-refractivity contribution is -0.138. The van der Waals surface area contributed by atoms with Crippen molar-refractivity contribution in [3.63, 3.8) is 0 Å². The quantitative estimate of drug-likeness (QED) is 0.347. The van der Waals surface area contributed by atoms with Gasteiger partial charge in [0.15, 0.2) is 0 Å². The first kappa shape index (κ1) is 16.4. The molecule has 0 rings (SSSR count). The number of hydrogen-bond donors (Lipinski definition) is 0. The molecular formula is C14H28O2Si. The second-order valence-electron chi connectivity index (χ2n) is 5.02. The number of carbonyl (C=O) groups is 1. The van der Waals surface area contributed by atoms with Crippen LogP contribution in [0.5, 0.6) is 0 Å². The molecule has 0 atom stereocenters. The Morgan fingerprint density at radius 1 is 1.12 bits per heavy atom. The third kappa shape index (κ3) is 6.06. The molecule has 100 valence electrons. The maximum absolute atomic E-state index is 11.3. The number of esters is 1. The molecule has 0 bridgehead atoms. The number of hydrogen-bond acceptors (Lipinski definition) is 2. The molecular weight excluding hydrogens is 228 g/mol. The van der Waals surface area contributed by atoms with Gasteiger partial charge in [0.05, 0.1) is 14.7 Å². The van der Waals surface area contributed by atoms with Crippen LogP contribution in [0.4, 0.5) is 0 Å². The average Bonchev–Trinajstić information content (AvgIpc) is 2.29. The summed E-state index contributed by atoms with van der Waals surface area (Å²) >= 11 is 0. The van der Waals surface area contributed by atoms with E-state index in [1.54, 1.807) is 6.92 Å². The van der Waals surface area contributed by atoms with Crippen molar-refractivity contribution in [3.05, 3.63) is 12.2 Å². The van der Waals surface area contributed by atoms with E-state index in [2.05, 4.69) is 27.4 Å². The van der Waals surface area contributed by atoms with Gasteiger partial charge in [-0.3, -0.25) is 0 Å². The average molecular weight is 256 g/mol. The minimum absolute atomic E-state index is 0.239. The van der Waals surface area contributed by atoms with Gasteiger partial charge in [-0.2, -0.15) is 0 Å². The summed E-state index contributed by atoms with van der Waals surface area (Å²) in [5.74, 6) is -0.239. The fourth-order valence-corrected chi connectivity index (χ4v) is 6.92. The van der Waals surface area contributed by atoms with Crippen LogP contribution in [0.15, 0.2) is 12.2 Å². The van der Waals surface area contributed by atoms with E-state index >= 15 is 0 Å². The number of ether oxygens (including phenoxy) is 1. The molecule has 0 saturated heterocycles. The Morgan fingerprint density at radius 3 is 2.00 bits per heavy atom. The van der Waals surface area contributed by atoms with Gasteiger partial charge in [-0.25, -0.2) is 4.79 Å². The van der Waals surface area contributed by atoms with E-state index in [4.69, 9.17) is 4.74 Å². The first-order chi connectivity index (χ1) is 8.01. The molecule has 2 nitrogen and oxygen atoms in total. The van der Waals surface area contributed by atoms with Gasteiger partial charge >= 0.3 is 5.97 Å². The highest BCUT2D eigenvalue weighted by Crippen LogP contribution is 2.28. The first-order valence-corrected chi connectivity index (χ1v) is 9.66. The van der Waals surface area contributed by atoms with Crippen LogP contribution >= 0.6 is 0 Å². The van der Waals surface area contributed by atoms with E-state index in [0.717, 1.165) is 6.04 Å². The zero-order valence-electron chi connectivity index (χ0n) is 12.0. The summed E-state index contributed by atoms with van der Waals surface area (Å²) in [6.07, 6.45) is 2.52. The normalized spacial score (nSPS) is 11.3. The summed E-state index contributed by atoms with van der Waals surface area (Å²) in [4.78, 5) is 11.3.